The fourth-order valence-corrected chi connectivity index (χ4v) is 4.93. The molecule has 5 rings (SSSR count). The first-order valence-electron chi connectivity index (χ1n) is 9.81. The first-order valence-corrected chi connectivity index (χ1v) is 9.81. The average Bonchev–Trinajstić information content (AvgIpc) is 3.03. The third-order valence-corrected chi connectivity index (χ3v) is 6.24. The van der Waals surface area contributed by atoms with Crippen LogP contribution in [0.1, 0.15) is 36.3 Å². The summed E-state index contributed by atoms with van der Waals surface area (Å²) in [7, 11) is 0. The lowest BCUT2D eigenvalue weighted by atomic mass is 9.89. The molecule has 130 valence electrons. The SMILES string of the molecule is c1ccc(C2CCN(CC3Nc4cccc5c4N3CCC5)CC2)cc1. The molecule has 3 aliphatic heterocycles. The van der Waals surface area contributed by atoms with E-state index in [1.807, 2.05) is 0 Å². The van der Waals surface area contributed by atoms with Gasteiger partial charge >= 0.3 is 0 Å². The molecule has 1 saturated heterocycles. The third-order valence-electron chi connectivity index (χ3n) is 6.24. The van der Waals surface area contributed by atoms with Crippen LogP contribution in [0.5, 0.6) is 0 Å². The molecule has 1 N–H and O–H groups in total. The molecule has 2 aromatic carbocycles. The quantitative estimate of drug-likeness (QED) is 0.913. The zero-order chi connectivity index (χ0) is 16.6. The highest BCUT2D eigenvalue weighted by Gasteiger charge is 2.34. The van der Waals surface area contributed by atoms with E-state index in [-0.39, 0.29) is 0 Å². The highest BCUT2D eigenvalue weighted by atomic mass is 15.4. The molecule has 0 amide bonds. The maximum absolute atomic E-state index is 3.79. The largest absolute Gasteiger partial charge is 0.362 e. The number of anilines is 2. The highest BCUT2D eigenvalue weighted by Crippen LogP contribution is 2.41. The van der Waals surface area contributed by atoms with Crippen LogP contribution in [0.3, 0.4) is 0 Å². The van der Waals surface area contributed by atoms with Gasteiger partial charge in [0.2, 0.25) is 0 Å². The number of nitrogens with zero attached hydrogens (tertiary/aromatic N) is 2. The summed E-state index contributed by atoms with van der Waals surface area (Å²) in [6.07, 6.45) is 5.54. The van der Waals surface area contributed by atoms with Gasteiger partial charge in [-0.3, -0.25) is 4.90 Å². The minimum atomic E-state index is 0.449. The number of rotatable bonds is 3. The van der Waals surface area contributed by atoms with E-state index >= 15 is 0 Å². The molecular formula is C22H27N3. The lowest BCUT2D eigenvalue weighted by Gasteiger charge is -2.37. The summed E-state index contributed by atoms with van der Waals surface area (Å²) in [4.78, 5) is 5.29. The molecule has 1 atom stereocenters. The Hall–Kier alpha value is -2.00. The Morgan fingerprint density at radius 2 is 1.76 bits per heavy atom. The van der Waals surface area contributed by atoms with Gasteiger partial charge in [0.1, 0.15) is 6.17 Å². The summed E-state index contributed by atoms with van der Waals surface area (Å²) in [5, 5.41) is 3.79. The van der Waals surface area contributed by atoms with Crippen LogP contribution in [0.25, 0.3) is 0 Å². The maximum atomic E-state index is 3.79. The Balaban J connectivity index is 1.24. The van der Waals surface area contributed by atoms with Crippen LogP contribution >= 0.6 is 0 Å². The van der Waals surface area contributed by atoms with Gasteiger partial charge in [-0.2, -0.15) is 0 Å². The lowest BCUT2D eigenvalue weighted by molar-refractivity contribution is 0.204. The van der Waals surface area contributed by atoms with Crippen LogP contribution in [0.15, 0.2) is 48.5 Å². The molecule has 0 radical (unpaired) electrons. The van der Waals surface area contributed by atoms with Crippen LogP contribution in [-0.2, 0) is 6.42 Å². The Labute approximate surface area is 150 Å². The van der Waals surface area contributed by atoms with Gasteiger partial charge in [-0.1, -0.05) is 42.5 Å². The highest BCUT2D eigenvalue weighted by molar-refractivity contribution is 5.80. The van der Waals surface area contributed by atoms with Crippen molar-refractivity contribution in [1.29, 1.82) is 0 Å². The summed E-state index contributed by atoms with van der Waals surface area (Å²) in [6.45, 7) is 4.77. The van der Waals surface area contributed by atoms with Crippen LogP contribution in [-0.4, -0.2) is 37.2 Å². The molecule has 3 heteroatoms. The molecule has 0 aromatic heterocycles. The monoisotopic (exact) mass is 333 g/mol. The molecule has 3 nitrogen and oxygen atoms in total. The molecule has 3 aliphatic rings. The summed E-state index contributed by atoms with van der Waals surface area (Å²) in [6, 6.07) is 17.8. The number of para-hydroxylation sites is 1. The molecule has 0 bridgehead atoms. The summed E-state index contributed by atoms with van der Waals surface area (Å²) in [5.41, 5.74) is 5.88. The van der Waals surface area contributed by atoms with Gasteiger partial charge in [0.15, 0.2) is 0 Å². The predicted molar refractivity (Wildman–Crippen MR) is 104 cm³/mol. The Morgan fingerprint density at radius 3 is 2.60 bits per heavy atom. The lowest BCUT2D eigenvalue weighted by Crippen LogP contribution is -2.48. The molecule has 3 heterocycles. The van der Waals surface area contributed by atoms with E-state index in [1.54, 1.807) is 0 Å². The summed E-state index contributed by atoms with van der Waals surface area (Å²) < 4.78 is 0. The average molecular weight is 333 g/mol. The van der Waals surface area contributed by atoms with E-state index in [4.69, 9.17) is 0 Å². The van der Waals surface area contributed by atoms with Gasteiger partial charge in [0.05, 0.1) is 11.4 Å². The second kappa shape index (κ2) is 6.38. The minimum Gasteiger partial charge on any atom is -0.362 e. The van der Waals surface area contributed by atoms with Crippen molar-refractivity contribution < 1.29 is 0 Å². The van der Waals surface area contributed by atoms with Crippen molar-refractivity contribution in [3.05, 3.63) is 59.7 Å². The van der Waals surface area contributed by atoms with Crippen LogP contribution in [0.4, 0.5) is 11.4 Å². The first-order chi connectivity index (χ1) is 12.4. The van der Waals surface area contributed by atoms with E-state index in [0.717, 1.165) is 12.5 Å². The fourth-order valence-electron chi connectivity index (χ4n) is 4.93. The maximum Gasteiger partial charge on any atom is 0.112 e. The van der Waals surface area contributed by atoms with Gasteiger partial charge in [-0.15, -0.1) is 0 Å². The van der Waals surface area contributed by atoms with Crippen molar-refractivity contribution in [2.24, 2.45) is 0 Å². The number of hydrogen-bond donors (Lipinski definition) is 1. The van der Waals surface area contributed by atoms with Crippen molar-refractivity contribution >= 4 is 11.4 Å². The van der Waals surface area contributed by atoms with Crippen molar-refractivity contribution in [3.63, 3.8) is 0 Å². The van der Waals surface area contributed by atoms with E-state index < -0.39 is 0 Å². The summed E-state index contributed by atoms with van der Waals surface area (Å²) in [5.74, 6) is 0.743. The van der Waals surface area contributed by atoms with E-state index in [1.165, 1.54) is 67.8 Å². The van der Waals surface area contributed by atoms with Crippen molar-refractivity contribution in [2.45, 2.75) is 37.8 Å². The second-order valence-electron chi connectivity index (χ2n) is 7.76. The molecule has 1 fully saturated rings. The smallest absolute Gasteiger partial charge is 0.112 e. The molecule has 1 unspecified atom stereocenters. The van der Waals surface area contributed by atoms with Gasteiger partial charge in [0, 0.05) is 13.1 Å². The predicted octanol–water partition coefficient (Wildman–Crippen LogP) is 4.07. The molecule has 25 heavy (non-hydrogen) atoms. The number of nitrogens with one attached hydrogen (secondary N) is 1. The van der Waals surface area contributed by atoms with E-state index in [0.29, 0.717) is 6.17 Å². The van der Waals surface area contributed by atoms with Crippen molar-refractivity contribution in [1.82, 2.24) is 4.90 Å². The standard InChI is InChI=1S/C22H27N3/c1-2-6-17(7-3-1)18-11-14-24(15-12-18)16-21-23-20-10-4-8-19-9-5-13-25(21)22(19)20/h1-4,6-8,10,18,21,23H,5,9,11-16H2. The van der Waals surface area contributed by atoms with Gasteiger partial charge in [-0.05, 0) is 61.9 Å². The second-order valence-corrected chi connectivity index (χ2v) is 7.76. The zero-order valence-electron chi connectivity index (χ0n) is 14.8. The van der Waals surface area contributed by atoms with Crippen LogP contribution in [0.2, 0.25) is 0 Å². The van der Waals surface area contributed by atoms with E-state index in [2.05, 4.69) is 63.6 Å². The molecular weight excluding hydrogens is 306 g/mol. The molecule has 2 aromatic rings. The normalized spacial score (nSPS) is 23.4. The Morgan fingerprint density at radius 1 is 0.920 bits per heavy atom. The van der Waals surface area contributed by atoms with Crippen LogP contribution < -0.4 is 10.2 Å². The van der Waals surface area contributed by atoms with Gasteiger partial charge < -0.3 is 10.2 Å². The van der Waals surface area contributed by atoms with Crippen LogP contribution in [0, 0.1) is 0 Å². The molecule has 0 spiro atoms. The van der Waals surface area contributed by atoms with Gasteiger partial charge in [-0.25, -0.2) is 0 Å². The van der Waals surface area contributed by atoms with Crippen molar-refractivity contribution in [2.75, 3.05) is 36.4 Å². The summed E-state index contributed by atoms with van der Waals surface area (Å²) >= 11 is 0. The van der Waals surface area contributed by atoms with Gasteiger partial charge in [0.25, 0.3) is 0 Å². The number of benzene rings is 2. The topological polar surface area (TPSA) is 18.5 Å². The number of likely N-dealkylation sites (tertiary alicyclic amines) is 1. The Bertz CT molecular complexity index is 734. The minimum absolute atomic E-state index is 0.449. The number of hydrogen-bond acceptors (Lipinski definition) is 3. The van der Waals surface area contributed by atoms with E-state index in [9.17, 15) is 0 Å². The molecule has 0 saturated carbocycles. The zero-order valence-corrected chi connectivity index (χ0v) is 14.8. The third kappa shape index (κ3) is 2.81. The fraction of sp³-hybridized carbons (Fsp3) is 0.455. The number of piperidine rings is 1. The molecule has 0 aliphatic carbocycles. The van der Waals surface area contributed by atoms with Crippen molar-refractivity contribution in [3.8, 4) is 0 Å². The first kappa shape index (κ1) is 15.3. The Kier molecular flexibility index (Phi) is 3.90. The number of aryl methyl sites for hydroxylation is 1.